The molecule has 3 atom stereocenters. The van der Waals surface area contributed by atoms with Crippen LogP contribution in [0.25, 0.3) is 10.1 Å². The molecule has 2 fully saturated rings. The molecular formula is C18H23ClN2O2S. The number of fused-ring (bicyclic) bond motifs is 2. The van der Waals surface area contributed by atoms with Crippen molar-refractivity contribution in [2.75, 3.05) is 20.2 Å². The largest absolute Gasteiger partial charge is 0.497 e. The number of halogens is 1. The molecule has 4 nitrogen and oxygen atoms in total. The predicted molar refractivity (Wildman–Crippen MR) is 100 cm³/mol. The van der Waals surface area contributed by atoms with Gasteiger partial charge in [0.2, 0.25) is 0 Å². The Kier molecular flexibility index (Phi) is 4.78. The fourth-order valence-corrected chi connectivity index (χ4v) is 5.31. The molecule has 1 aliphatic heterocycles. The van der Waals surface area contributed by atoms with Gasteiger partial charge in [0.1, 0.15) is 5.75 Å². The number of likely N-dealkylation sites (tertiary alicyclic amines) is 1. The lowest BCUT2D eigenvalue weighted by atomic mass is 9.98. The van der Waals surface area contributed by atoms with E-state index in [0.717, 1.165) is 52.2 Å². The van der Waals surface area contributed by atoms with Crippen LogP contribution in [0.4, 0.5) is 0 Å². The fraction of sp³-hybridized carbons (Fsp3) is 0.500. The highest BCUT2D eigenvalue weighted by molar-refractivity contribution is 7.21. The molecule has 6 heteroatoms. The molecule has 0 radical (unpaired) electrons. The van der Waals surface area contributed by atoms with Gasteiger partial charge in [-0.3, -0.25) is 4.79 Å². The number of nitrogens with zero attached hydrogens (tertiary/aromatic N) is 1. The molecule has 1 saturated carbocycles. The van der Waals surface area contributed by atoms with E-state index in [2.05, 4.69) is 0 Å². The number of amides is 1. The summed E-state index contributed by atoms with van der Waals surface area (Å²) in [6.45, 7) is 3.73. The van der Waals surface area contributed by atoms with Crippen LogP contribution in [0.2, 0.25) is 0 Å². The second-order valence-electron chi connectivity index (χ2n) is 6.79. The van der Waals surface area contributed by atoms with E-state index in [4.69, 9.17) is 10.5 Å². The first-order valence-corrected chi connectivity index (χ1v) is 9.02. The number of hydrogen-bond acceptors (Lipinski definition) is 4. The summed E-state index contributed by atoms with van der Waals surface area (Å²) in [5.74, 6) is 2.10. The monoisotopic (exact) mass is 366 g/mol. The minimum absolute atomic E-state index is 0. The van der Waals surface area contributed by atoms with Crippen molar-refractivity contribution in [3.8, 4) is 5.75 Å². The van der Waals surface area contributed by atoms with Gasteiger partial charge in [-0.1, -0.05) is 0 Å². The molecule has 0 bridgehead atoms. The van der Waals surface area contributed by atoms with Gasteiger partial charge in [-0.25, -0.2) is 0 Å². The second-order valence-corrected chi connectivity index (χ2v) is 7.85. The van der Waals surface area contributed by atoms with Gasteiger partial charge in [-0.15, -0.1) is 23.7 Å². The molecule has 1 aliphatic carbocycles. The summed E-state index contributed by atoms with van der Waals surface area (Å²) in [5, 5.41) is 1.12. The van der Waals surface area contributed by atoms with E-state index in [9.17, 15) is 4.79 Å². The SMILES string of the molecule is COc1ccc2sc(C(=O)N3CC4CCC(N)C4C3)c(C)c2c1.Cl. The Morgan fingerprint density at radius 2 is 2.12 bits per heavy atom. The molecule has 2 heterocycles. The fourth-order valence-electron chi connectivity index (χ4n) is 4.15. The molecule has 2 aromatic rings. The molecule has 3 unspecified atom stereocenters. The van der Waals surface area contributed by atoms with E-state index in [-0.39, 0.29) is 24.4 Å². The predicted octanol–water partition coefficient (Wildman–Crippen LogP) is 3.45. The Morgan fingerprint density at radius 1 is 1.33 bits per heavy atom. The first-order chi connectivity index (χ1) is 11.1. The molecule has 1 aromatic heterocycles. The number of aryl methyl sites for hydroxylation is 1. The lowest BCUT2D eigenvalue weighted by Crippen LogP contribution is -2.33. The highest BCUT2D eigenvalue weighted by Gasteiger charge is 2.43. The molecular weight excluding hydrogens is 344 g/mol. The van der Waals surface area contributed by atoms with Crippen LogP contribution in [0.5, 0.6) is 5.75 Å². The van der Waals surface area contributed by atoms with Gasteiger partial charge < -0.3 is 15.4 Å². The standard InChI is InChI=1S/C18H22N2O2S.ClH/c1-10-13-7-12(22-2)4-6-16(13)23-17(10)18(21)20-8-11-3-5-15(19)14(11)9-20;/h4,6-7,11,14-15H,3,5,8-9,19H2,1-2H3;1H. The smallest absolute Gasteiger partial charge is 0.264 e. The Morgan fingerprint density at radius 3 is 2.83 bits per heavy atom. The van der Waals surface area contributed by atoms with Crippen LogP contribution in [-0.4, -0.2) is 37.0 Å². The second kappa shape index (κ2) is 6.54. The van der Waals surface area contributed by atoms with Crippen LogP contribution in [-0.2, 0) is 0 Å². The van der Waals surface area contributed by atoms with Crippen LogP contribution < -0.4 is 10.5 Å². The molecule has 1 amide bonds. The Labute approximate surface area is 152 Å². The Balaban J connectivity index is 0.00000169. The number of benzene rings is 1. The van der Waals surface area contributed by atoms with E-state index in [1.165, 1.54) is 0 Å². The molecule has 1 aromatic carbocycles. The number of nitrogens with two attached hydrogens (primary N) is 1. The molecule has 130 valence electrons. The highest BCUT2D eigenvalue weighted by Crippen LogP contribution is 2.39. The summed E-state index contributed by atoms with van der Waals surface area (Å²) in [7, 11) is 1.67. The molecule has 24 heavy (non-hydrogen) atoms. The van der Waals surface area contributed by atoms with E-state index >= 15 is 0 Å². The van der Waals surface area contributed by atoms with Crippen LogP contribution in [0.3, 0.4) is 0 Å². The van der Waals surface area contributed by atoms with Gasteiger partial charge in [0, 0.05) is 23.8 Å². The molecule has 0 spiro atoms. The van der Waals surface area contributed by atoms with E-state index in [1.54, 1.807) is 18.4 Å². The van der Waals surface area contributed by atoms with E-state index in [0.29, 0.717) is 11.8 Å². The third-order valence-corrected chi connectivity index (χ3v) is 6.80. The van der Waals surface area contributed by atoms with Crippen molar-refractivity contribution in [1.82, 2.24) is 4.90 Å². The quantitative estimate of drug-likeness (QED) is 0.885. The first-order valence-electron chi connectivity index (χ1n) is 8.20. The first kappa shape index (κ1) is 17.5. The number of carbonyl (C=O) groups excluding carboxylic acids is 1. The third-order valence-electron chi connectivity index (χ3n) is 5.54. The van der Waals surface area contributed by atoms with E-state index in [1.807, 2.05) is 30.0 Å². The van der Waals surface area contributed by atoms with Gasteiger partial charge in [-0.2, -0.15) is 0 Å². The summed E-state index contributed by atoms with van der Waals surface area (Å²) >= 11 is 1.59. The maximum atomic E-state index is 13.0. The normalized spacial score (nSPS) is 25.6. The maximum absolute atomic E-state index is 13.0. The topological polar surface area (TPSA) is 55.6 Å². The van der Waals surface area contributed by atoms with Crippen molar-refractivity contribution in [1.29, 1.82) is 0 Å². The van der Waals surface area contributed by atoms with E-state index < -0.39 is 0 Å². The average Bonchev–Trinajstić information content (AvgIpc) is 3.22. The summed E-state index contributed by atoms with van der Waals surface area (Å²) in [4.78, 5) is 15.9. The Hall–Kier alpha value is -1.30. The minimum atomic E-state index is 0. The molecule has 2 N–H and O–H groups in total. The zero-order chi connectivity index (χ0) is 16.1. The van der Waals surface area contributed by atoms with Gasteiger partial charge in [0.25, 0.3) is 5.91 Å². The van der Waals surface area contributed by atoms with Crippen LogP contribution in [0.15, 0.2) is 18.2 Å². The number of methoxy groups -OCH3 is 1. The van der Waals surface area contributed by atoms with Crippen molar-refractivity contribution >= 4 is 39.7 Å². The molecule has 4 rings (SSSR count). The van der Waals surface area contributed by atoms with Gasteiger partial charge in [0.05, 0.1) is 12.0 Å². The lowest BCUT2D eigenvalue weighted by molar-refractivity contribution is 0.0784. The maximum Gasteiger partial charge on any atom is 0.264 e. The number of ether oxygens (including phenoxy) is 1. The van der Waals surface area contributed by atoms with Crippen molar-refractivity contribution in [3.05, 3.63) is 28.6 Å². The van der Waals surface area contributed by atoms with Crippen LogP contribution >= 0.6 is 23.7 Å². The summed E-state index contributed by atoms with van der Waals surface area (Å²) < 4.78 is 6.45. The van der Waals surface area contributed by atoms with Crippen molar-refractivity contribution < 1.29 is 9.53 Å². The van der Waals surface area contributed by atoms with Gasteiger partial charge in [0.15, 0.2) is 0 Å². The summed E-state index contributed by atoms with van der Waals surface area (Å²) in [6, 6.07) is 6.28. The summed E-state index contributed by atoms with van der Waals surface area (Å²) in [5.41, 5.74) is 7.26. The Bertz CT molecular complexity index is 776. The average molecular weight is 367 g/mol. The minimum Gasteiger partial charge on any atom is -0.497 e. The number of carbonyl (C=O) groups is 1. The van der Waals surface area contributed by atoms with Gasteiger partial charge >= 0.3 is 0 Å². The third kappa shape index (κ3) is 2.68. The summed E-state index contributed by atoms with van der Waals surface area (Å²) in [6.07, 6.45) is 2.28. The van der Waals surface area contributed by atoms with Gasteiger partial charge in [-0.05, 0) is 60.7 Å². The highest BCUT2D eigenvalue weighted by atomic mass is 35.5. The van der Waals surface area contributed by atoms with Crippen molar-refractivity contribution in [2.45, 2.75) is 25.8 Å². The number of rotatable bonds is 2. The number of thiophene rings is 1. The van der Waals surface area contributed by atoms with Crippen molar-refractivity contribution in [3.63, 3.8) is 0 Å². The molecule has 1 saturated heterocycles. The lowest BCUT2D eigenvalue weighted by Gasteiger charge is -2.18. The molecule has 2 aliphatic rings. The van der Waals surface area contributed by atoms with Crippen LogP contribution in [0.1, 0.15) is 28.1 Å². The number of hydrogen-bond donors (Lipinski definition) is 1. The van der Waals surface area contributed by atoms with Crippen LogP contribution in [0, 0.1) is 18.8 Å². The zero-order valence-electron chi connectivity index (χ0n) is 14.0. The zero-order valence-corrected chi connectivity index (χ0v) is 15.6. The van der Waals surface area contributed by atoms with Crippen molar-refractivity contribution in [2.24, 2.45) is 17.6 Å².